The summed E-state index contributed by atoms with van der Waals surface area (Å²) in [5.74, 6) is 0.464. The Morgan fingerprint density at radius 2 is 2.00 bits per heavy atom. The average Bonchev–Trinajstić information content (AvgIpc) is 3.11. The van der Waals surface area contributed by atoms with Crippen LogP contribution in [0.5, 0.6) is 0 Å². The van der Waals surface area contributed by atoms with Crippen molar-refractivity contribution in [2.75, 3.05) is 6.54 Å². The van der Waals surface area contributed by atoms with Crippen molar-refractivity contribution in [1.82, 2.24) is 0 Å². The van der Waals surface area contributed by atoms with Crippen molar-refractivity contribution in [2.45, 2.75) is 63.1 Å². The van der Waals surface area contributed by atoms with Gasteiger partial charge >= 0.3 is 0 Å². The minimum atomic E-state index is 0.230. The molecule has 3 heteroatoms. The molecule has 2 atom stereocenters. The highest BCUT2D eigenvalue weighted by molar-refractivity contribution is 6.31. The Balaban J connectivity index is 1.57. The van der Waals surface area contributed by atoms with E-state index in [-0.39, 0.29) is 5.60 Å². The zero-order valence-electron chi connectivity index (χ0n) is 12.7. The fourth-order valence-corrected chi connectivity index (χ4v) is 4.27. The summed E-state index contributed by atoms with van der Waals surface area (Å²) in [5, 5.41) is 0.857. The number of nitrogens with two attached hydrogens (primary N) is 1. The van der Waals surface area contributed by atoms with Crippen molar-refractivity contribution in [2.24, 2.45) is 11.7 Å². The predicted molar refractivity (Wildman–Crippen MR) is 87.6 cm³/mol. The van der Waals surface area contributed by atoms with E-state index in [1.807, 2.05) is 18.2 Å². The van der Waals surface area contributed by atoms with Gasteiger partial charge in [0, 0.05) is 5.02 Å². The van der Waals surface area contributed by atoms with Gasteiger partial charge in [-0.3, -0.25) is 0 Å². The van der Waals surface area contributed by atoms with E-state index in [1.54, 1.807) is 0 Å². The molecule has 0 aromatic heterocycles. The standard InChI is InChI=1S/C18H26ClNO/c19-17-6-2-1-5-15(17)11-14(13-20)12-16-7-10-18(21-16)8-3-4-9-18/h1-2,5-6,14,16H,3-4,7-13,20H2. The van der Waals surface area contributed by atoms with Gasteiger partial charge in [-0.25, -0.2) is 0 Å². The summed E-state index contributed by atoms with van der Waals surface area (Å²) in [7, 11) is 0. The van der Waals surface area contributed by atoms with Gasteiger partial charge in [-0.1, -0.05) is 42.6 Å². The van der Waals surface area contributed by atoms with Crippen molar-refractivity contribution in [1.29, 1.82) is 0 Å². The Bertz CT molecular complexity index is 470. The van der Waals surface area contributed by atoms with E-state index >= 15 is 0 Å². The van der Waals surface area contributed by atoms with E-state index in [1.165, 1.54) is 44.1 Å². The summed E-state index contributed by atoms with van der Waals surface area (Å²) in [6.07, 6.45) is 10.1. The Labute approximate surface area is 133 Å². The second-order valence-electron chi connectivity index (χ2n) is 6.80. The number of halogens is 1. The molecule has 1 aliphatic carbocycles. The summed E-state index contributed by atoms with van der Waals surface area (Å²) in [6, 6.07) is 8.10. The van der Waals surface area contributed by atoms with Gasteiger partial charge in [0.25, 0.3) is 0 Å². The van der Waals surface area contributed by atoms with Crippen LogP contribution in [0.2, 0.25) is 5.02 Å². The lowest BCUT2D eigenvalue weighted by atomic mass is 9.92. The first kappa shape index (κ1) is 15.3. The molecular formula is C18H26ClNO. The van der Waals surface area contributed by atoms with Crippen LogP contribution in [0.25, 0.3) is 0 Å². The van der Waals surface area contributed by atoms with E-state index < -0.39 is 0 Å². The van der Waals surface area contributed by atoms with Crippen LogP contribution in [0.15, 0.2) is 24.3 Å². The zero-order valence-corrected chi connectivity index (χ0v) is 13.4. The zero-order chi connectivity index (χ0) is 14.7. The van der Waals surface area contributed by atoms with Crippen molar-refractivity contribution in [3.05, 3.63) is 34.9 Å². The summed E-state index contributed by atoms with van der Waals surface area (Å²) in [5.41, 5.74) is 7.44. The van der Waals surface area contributed by atoms with E-state index in [0.29, 0.717) is 18.6 Å². The molecule has 116 valence electrons. The molecule has 2 N–H and O–H groups in total. The van der Waals surface area contributed by atoms with Crippen LogP contribution in [-0.2, 0) is 11.2 Å². The molecule has 1 aromatic carbocycles. The highest BCUT2D eigenvalue weighted by Crippen LogP contribution is 2.44. The topological polar surface area (TPSA) is 35.2 Å². The monoisotopic (exact) mass is 307 g/mol. The average molecular weight is 308 g/mol. The van der Waals surface area contributed by atoms with E-state index in [4.69, 9.17) is 22.1 Å². The van der Waals surface area contributed by atoms with Gasteiger partial charge < -0.3 is 10.5 Å². The van der Waals surface area contributed by atoms with Crippen molar-refractivity contribution in [3.8, 4) is 0 Å². The predicted octanol–water partition coefficient (Wildman–Crippen LogP) is 4.34. The minimum Gasteiger partial charge on any atom is -0.372 e. The highest BCUT2D eigenvalue weighted by atomic mass is 35.5. The number of rotatable bonds is 5. The molecule has 0 radical (unpaired) electrons. The molecule has 21 heavy (non-hydrogen) atoms. The number of ether oxygens (including phenoxy) is 1. The fraction of sp³-hybridized carbons (Fsp3) is 0.667. The molecule has 1 spiro atoms. The van der Waals surface area contributed by atoms with Crippen molar-refractivity contribution >= 4 is 11.6 Å². The van der Waals surface area contributed by atoms with Crippen LogP contribution in [0.1, 0.15) is 50.5 Å². The van der Waals surface area contributed by atoms with Gasteiger partial charge in [0.2, 0.25) is 0 Å². The molecule has 1 saturated carbocycles. The molecule has 1 aliphatic heterocycles. The first-order valence-corrected chi connectivity index (χ1v) is 8.70. The SMILES string of the molecule is NCC(Cc1ccccc1Cl)CC1CCC2(CCCC2)O1. The summed E-state index contributed by atoms with van der Waals surface area (Å²) < 4.78 is 6.42. The quantitative estimate of drug-likeness (QED) is 0.878. The number of benzene rings is 1. The summed E-state index contributed by atoms with van der Waals surface area (Å²) >= 11 is 6.27. The number of hydrogen-bond acceptors (Lipinski definition) is 2. The lowest BCUT2D eigenvalue weighted by molar-refractivity contribution is -0.0438. The second kappa shape index (κ2) is 6.68. The van der Waals surface area contributed by atoms with E-state index in [9.17, 15) is 0 Å². The molecular weight excluding hydrogens is 282 g/mol. The fourth-order valence-electron chi connectivity index (χ4n) is 4.06. The van der Waals surface area contributed by atoms with E-state index in [2.05, 4.69) is 6.07 Å². The van der Waals surface area contributed by atoms with Gasteiger partial charge in [-0.15, -0.1) is 0 Å². The maximum absolute atomic E-state index is 6.42. The highest BCUT2D eigenvalue weighted by Gasteiger charge is 2.42. The molecule has 2 aliphatic rings. The Morgan fingerprint density at radius 3 is 2.71 bits per heavy atom. The van der Waals surface area contributed by atoms with Crippen LogP contribution in [0.3, 0.4) is 0 Å². The lowest BCUT2D eigenvalue weighted by Crippen LogP contribution is -2.27. The minimum absolute atomic E-state index is 0.230. The van der Waals surface area contributed by atoms with Gasteiger partial charge in [0.05, 0.1) is 11.7 Å². The Kier molecular flexibility index (Phi) is 4.88. The molecule has 3 rings (SSSR count). The van der Waals surface area contributed by atoms with Crippen LogP contribution in [-0.4, -0.2) is 18.2 Å². The van der Waals surface area contributed by atoms with Crippen LogP contribution in [0.4, 0.5) is 0 Å². The van der Waals surface area contributed by atoms with Crippen LogP contribution in [0, 0.1) is 5.92 Å². The third-order valence-corrected chi connectivity index (χ3v) is 5.62. The molecule has 1 heterocycles. The van der Waals surface area contributed by atoms with Crippen LogP contribution < -0.4 is 5.73 Å². The van der Waals surface area contributed by atoms with Crippen LogP contribution >= 0.6 is 11.6 Å². The Hall–Kier alpha value is -0.570. The normalized spacial score (nSPS) is 25.5. The molecule has 1 aromatic rings. The molecule has 0 amide bonds. The molecule has 1 saturated heterocycles. The van der Waals surface area contributed by atoms with Crippen molar-refractivity contribution in [3.63, 3.8) is 0 Å². The van der Waals surface area contributed by atoms with E-state index in [0.717, 1.165) is 17.9 Å². The third-order valence-electron chi connectivity index (χ3n) is 5.25. The maximum atomic E-state index is 6.42. The smallest absolute Gasteiger partial charge is 0.0687 e. The third kappa shape index (κ3) is 3.61. The number of hydrogen-bond donors (Lipinski definition) is 1. The molecule has 2 nitrogen and oxygen atoms in total. The second-order valence-corrected chi connectivity index (χ2v) is 7.21. The van der Waals surface area contributed by atoms with Gasteiger partial charge in [0.1, 0.15) is 0 Å². The van der Waals surface area contributed by atoms with Gasteiger partial charge in [-0.2, -0.15) is 0 Å². The lowest BCUT2D eigenvalue weighted by Gasteiger charge is -2.25. The van der Waals surface area contributed by atoms with Gasteiger partial charge in [-0.05, 0) is 62.6 Å². The molecule has 2 fully saturated rings. The van der Waals surface area contributed by atoms with Crippen molar-refractivity contribution < 1.29 is 4.74 Å². The first-order chi connectivity index (χ1) is 10.2. The largest absolute Gasteiger partial charge is 0.372 e. The molecule has 2 unspecified atom stereocenters. The summed E-state index contributed by atoms with van der Waals surface area (Å²) in [6.45, 7) is 0.706. The van der Waals surface area contributed by atoms with Gasteiger partial charge in [0.15, 0.2) is 0 Å². The molecule has 0 bridgehead atoms. The maximum Gasteiger partial charge on any atom is 0.0687 e. The summed E-state index contributed by atoms with van der Waals surface area (Å²) in [4.78, 5) is 0. The Morgan fingerprint density at radius 1 is 1.24 bits per heavy atom. The first-order valence-electron chi connectivity index (χ1n) is 8.32.